The monoisotopic (exact) mass is 429 g/mol. The molecule has 3 heterocycles. The number of pyridine rings is 1. The van der Waals surface area contributed by atoms with Crippen LogP contribution in [-0.2, 0) is 14.6 Å². The van der Waals surface area contributed by atoms with E-state index in [1.54, 1.807) is 17.3 Å². The Labute approximate surface area is 172 Å². The molecule has 29 heavy (non-hydrogen) atoms. The molecule has 2 aromatic heterocycles. The number of thioether (sulfide) groups is 1. The van der Waals surface area contributed by atoms with Gasteiger partial charge in [-0.3, -0.25) is 14.9 Å². The fourth-order valence-corrected chi connectivity index (χ4v) is 5.63. The molecular weight excluding hydrogens is 410 g/mol. The minimum absolute atomic E-state index is 0.00878. The van der Waals surface area contributed by atoms with Crippen LogP contribution < -0.4 is 4.90 Å². The van der Waals surface area contributed by atoms with Crippen molar-refractivity contribution in [3.05, 3.63) is 54.9 Å². The van der Waals surface area contributed by atoms with E-state index < -0.39 is 9.84 Å². The van der Waals surface area contributed by atoms with Gasteiger partial charge in [0.2, 0.25) is 11.1 Å². The third-order valence-corrected chi connectivity index (χ3v) is 7.20. The highest BCUT2D eigenvalue weighted by Gasteiger charge is 2.35. The Morgan fingerprint density at radius 2 is 1.93 bits per heavy atom. The van der Waals surface area contributed by atoms with Crippen LogP contribution >= 0.6 is 11.8 Å². The summed E-state index contributed by atoms with van der Waals surface area (Å²) in [7, 11) is -3.11. The Balaban J connectivity index is 1.48. The van der Waals surface area contributed by atoms with Crippen molar-refractivity contribution in [3.8, 4) is 11.4 Å². The van der Waals surface area contributed by atoms with E-state index in [1.165, 1.54) is 11.8 Å². The molecule has 1 aliphatic heterocycles. The zero-order chi connectivity index (χ0) is 20.3. The Kier molecular flexibility index (Phi) is 5.63. The summed E-state index contributed by atoms with van der Waals surface area (Å²) >= 11 is 1.22. The first-order valence-corrected chi connectivity index (χ1v) is 11.9. The first-order chi connectivity index (χ1) is 14.0. The van der Waals surface area contributed by atoms with E-state index in [0.717, 1.165) is 5.56 Å². The number of amides is 1. The molecule has 0 spiro atoms. The zero-order valence-electron chi connectivity index (χ0n) is 15.4. The number of para-hydroxylation sites is 1. The molecule has 1 atom stereocenters. The second-order valence-corrected chi connectivity index (χ2v) is 9.82. The predicted molar refractivity (Wildman–Crippen MR) is 111 cm³/mol. The molecule has 3 aromatic rings. The number of anilines is 1. The molecule has 0 aliphatic carbocycles. The third kappa shape index (κ3) is 4.65. The van der Waals surface area contributed by atoms with Crippen LogP contribution in [0.3, 0.4) is 0 Å². The first-order valence-electron chi connectivity index (χ1n) is 9.05. The van der Waals surface area contributed by atoms with Gasteiger partial charge < -0.3 is 4.90 Å². The predicted octanol–water partition coefficient (Wildman–Crippen LogP) is 2.18. The average Bonchev–Trinajstić information content (AvgIpc) is 3.34. The van der Waals surface area contributed by atoms with Crippen molar-refractivity contribution >= 4 is 33.2 Å². The number of benzene rings is 1. The SMILES string of the molecule is O=C(CSc1n[nH]c(-c2ccncc2)n1)N(c1ccccc1)[C@H]1CCS(=O)(=O)C1. The summed E-state index contributed by atoms with van der Waals surface area (Å²) in [5.41, 5.74) is 1.56. The molecule has 10 heteroatoms. The number of sulfone groups is 1. The summed E-state index contributed by atoms with van der Waals surface area (Å²) in [6, 6.07) is 12.5. The van der Waals surface area contributed by atoms with Crippen molar-refractivity contribution in [1.82, 2.24) is 20.2 Å². The summed E-state index contributed by atoms with van der Waals surface area (Å²) < 4.78 is 23.9. The van der Waals surface area contributed by atoms with Crippen LogP contribution in [0, 0.1) is 0 Å². The van der Waals surface area contributed by atoms with Crippen LogP contribution in [0.15, 0.2) is 60.0 Å². The van der Waals surface area contributed by atoms with Crippen LogP contribution in [-0.4, -0.2) is 57.8 Å². The lowest BCUT2D eigenvalue weighted by Crippen LogP contribution is -2.42. The molecule has 150 valence electrons. The summed E-state index contributed by atoms with van der Waals surface area (Å²) in [6.07, 6.45) is 3.78. The Bertz CT molecular complexity index is 1090. The van der Waals surface area contributed by atoms with E-state index in [0.29, 0.717) is 23.1 Å². The topological polar surface area (TPSA) is 109 Å². The molecule has 0 radical (unpaired) electrons. The highest BCUT2D eigenvalue weighted by molar-refractivity contribution is 7.99. The average molecular weight is 430 g/mol. The minimum atomic E-state index is -3.11. The van der Waals surface area contributed by atoms with Gasteiger partial charge in [0, 0.05) is 23.6 Å². The summed E-state index contributed by atoms with van der Waals surface area (Å²) in [5, 5.41) is 7.47. The smallest absolute Gasteiger partial charge is 0.237 e. The molecule has 1 amide bonds. The number of hydrogen-bond acceptors (Lipinski definition) is 7. The van der Waals surface area contributed by atoms with Gasteiger partial charge in [-0.2, -0.15) is 0 Å². The lowest BCUT2D eigenvalue weighted by atomic mass is 10.2. The highest BCUT2D eigenvalue weighted by Crippen LogP contribution is 2.26. The van der Waals surface area contributed by atoms with Crippen molar-refractivity contribution in [2.75, 3.05) is 22.2 Å². The van der Waals surface area contributed by atoms with Crippen LogP contribution in [0.5, 0.6) is 0 Å². The minimum Gasteiger partial charge on any atom is -0.308 e. The Morgan fingerprint density at radius 3 is 2.62 bits per heavy atom. The van der Waals surface area contributed by atoms with E-state index in [9.17, 15) is 13.2 Å². The molecule has 0 unspecified atom stereocenters. The molecule has 1 fully saturated rings. The molecule has 0 bridgehead atoms. The lowest BCUT2D eigenvalue weighted by molar-refractivity contribution is -0.116. The van der Waals surface area contributed by atoms with Crippen molar-refractivity contribution in [2.24, 2.45) is 0 Å². The first kappa shape index (κ1) is 19.6. The second-order valence-electron chi connectivity index (χ2n) is 6.65. The van der Waals surface area contributed by atoms with E-state index in [4.69, 9.17) is 0 Å². The van der Waals surface area contributed by atoms with E-state index in [2.05, 4.69) is 20.2 Å². The van der Waals surface area contributed by atoms with E-state index in [-0.39, 0.29) is 29.2 Å². The molecule has 0 saturated carbocycles. The lowest BCUT2D eigenvalue weighted by Gasteiger charge is -2.28. The fourth-order valence-electron chi connectivity index (χ4n) is 3.27. The molecule has 8 nitrogen and oxygen atoms in total. The second kappa shape index (κ2) is 8.34. The summed E-state index contributed by atoms with van der Waals surface area (Å²) in [4.78, 5) is 23.0. The maximum Gasteiger partial charge on any atom is 0.237 e. The van der Waals surface area contributed by atoms with Gasteiger partial charge in [-0.15, -0.1) is 5.10 Å². The largest absolute Gasteiger partial charge is 0.308 e. The van der Waals surface area contributed by atoms with Crippen LogP contribution in [0.25, 0.3) is 11.4 Å². The molecule has 1 aromatic carbocycles. The molecule has 4 rings (SSSR count). The number of H-pyrrole nitrogens is 1. The highest BCUT2D eigenvalue weighted by atomic mass is 32.2. The number of aromatic amines is 1. The van der Waals surface area contributed by atoms with Gasteiger partial charge in [-0.25, -0.2) is 13.4 Å². The van der Waals surface area contributed by atoms with Crippen molar-refractivity contribution in [2.45, 2.75) is 17.6 Å². The number of hydrogen-bond donors (Lipinski definition) is 1. The number of aromatic nitrogens is 4. The fraction of sp³-hybridized carbons (Fsp3) is 0.263. The molecular formula is C19H19N5O3S2. The quantitative estimate of drug-likeness (QED) is 0.598. The molecule has 1 N–H and O–H groups in total. The number of rotatable bonds is 6. The maximum absolute atomic E-state index is 13.0. The van der Waals surface area contributed by atoms with Crippen LogP contribution in [0.4, 0.5) is 5.69 Å². The van der Waals surface area contributed by atoms with Crippen LogP contribution in [0.1, 0.15) is 6.42 Å². The van der Waals surface area contributed by atoms with Crippen LogP contribution in [0.2, 0.25) is 0 Å². The number of nitrogens with one attached hydrogen (secondary N) is 1. The van der Waals surface area contributed by atoms with Gasteiger partial charge in [0.1, 0.15) is 0 Å². The zero-order valence-corrected chi connectivity index (χ0v) is 17.1. The van der Waals surface area contributed by atoms with E-state index >= 15 is 0 Å². The molecule has 1 aliphatic rings. The van der Waals surface area contributed by atoms with Gasteiger partial charge in [-0.1, -0.05) is 30.0 Å². The van der Waals surface area contributed by atoms with Gasteiger partial charge in [0.05, 0.1) is 23.3 Å². The summed E-state index contributed by atoms with van der Waals surface area (Å²) in [6.45, 7) is 0. The summed E-state index contributed by atoms with van der Waals surface area (Å²) in [5.74, 6) is 0.643. The third-order valence-electron chi connectivity index (χ3n) is 4.62. The van der Waals surface area contributed by atoms with Gasteiger partial charge in [0.15, 0.2) is 15.7 Å². The number of carbonyl (C=O) groups excluding carboxylic acids is 1. The van der Waals surface area contributed by atoms with Gasteiger partial charge in [0.25, 0.3) is 0 Å². The normalized spacial score (nSPS) is 17.9. The van der Waals surface area contributed by atoms with Crippen molar-refractivity contribution < 1.29 is 13.2 Å². The van der Waals surface area contributed by atoms with Gasteiger partial charge >= 0.3 is 0 Å². The number of nitrogens with zero attached hydrogens (tertiary/aromatic N) is 4. The van der Waals surface area contributed by atoms with Crippen molar-refractivity contribution in [1.29, 1.82) is 0 Å². The van der Waals surface area contributed by atoms with Crippen molar-refractivity contribution in [3.63, 3.8) is 0 Å². The number of carbonyl (C=O) groups is 1. The Hall–Kier alpha value is -2.72. The van der Waals surface area contributed by atoms with E-state index in [1.807, 2.05) is 42.5 Å². The van der Waals surface area contributed by atoms with Gasteiger partial charge in [-0.05, 0) is 30.7 Å². The Morgan fingerprint density at radius 1 is 1.17 bits per heavy atom. The molecule has 1 saturated heterocycles. The maximum atomic E-state index is 13.0. The standard InChI is InChI=1S/C19H19N5O3S2/c25-17(12-28-19-21-18(22-23-19)14-6-9-20-10-7-14)24(15-4-2-1-3-5-15)16-8-11-29(26,27)13-16/h1-7,9-10,16H,8,11-13H2,(H,21,22,23)/t16-/m0/s1.